The smallest absolute Gasteiger partial charge is 0.225 e. The van der Waals surface area contributed by atoms with Gasteiger partial charge in [0.15, 0.2) is 0 Å². The van der Waals surface area contributed by atoms with Crippen molar-refractivity contribution >= 4 is 5.91 Å². The summed E-state index contributed by atoms with van der Waals surface area (Å²) in [4.78, 5) is 14.2. The van der Waals surface area contributed by atoms with Crippen LogP contribution in [0.25, 0.3) is 0 Å². The van der Waals surface area contributed by atoms with Crippen LogP contribution in [0.2, 0.25) is 0 Å². The van der Waals surface area contributed by atoms with Crippen molar-refractivity contribution in [3.05, 3.63) is 0 Å². The van der Waals surface area contributed by atoms with Gasteiger partial charge in [-0.1, -0.05) is 19.3 Å². The molecule has 2 atom stereocenters. The Morgan fingerprint density at radius 2 is 2.00 bits per heavy atom. The fourth-order valence-corrected chi connectivity index (χ4v) is 3.75. The summed E-state index contributed by atoms with van der Waals surface area (Å²) in [6, 6.07) is 0. The van der Waals surface area contributed by atoms with Gasteiger partial charge in [0.2, 0.25) is 5.91 Å². The summed E-state index contributed by atoms with van der Waals surface area (Å²) in [5, 5.41) is 10.4. The minimum absolute atomic E-state index is 0.123. The molecule has 2 unspecified atom stereocenters. The van der Waals surface area contributed by atoms with E-state index < -0.39 is 5.60 Å². The number of amides is 1. The number of aliphatic hydroxyl groups is 1. The Hall–Kier alpha value is -0.610. The van der Waals surface area contributed by atoms with Crippen LogP contribution < -0.4 is 5.73 Å². The van der Waals surface area contributed by atoms with Crippen LogP contribution in [0.3, 0.4) is 0 Å². The van der Waals surface area contributed by atoms with Crippen molar-refractivity contribution in [2.45, 2.75) is 57.0 Å². The van der Waals surface area contributed by atoms with Crippen LogP contribution in [0.15, 0.2) is 0 Å². The van der Waals surface area contributed by atoms with E-state index in [1.807, 2.05) is 7.05 Å². The Balaban J connectivity index is 1.87. The molecule has 0 saturated heterocycles. The molecule has 19 heavy (non-hydrogen) atoms. The minimum Gasteiger partial charge on any atom is -0.388 e. The average Bonchev–Trinajstić information content (AvgIpc) is 2.84. The van der Waals surface area contributed by atoms with E-state index in [1.54, 1.807) is 4.90 Å². The summed E-state index contributed by atoms with van der Waals surface area (Å²) < 4.78 is 0. The van der Waals surface area contributed by atoms with Gasteiger partial charge < -0.3 is 15.7 Å². The highest BCUT2D eigenvalue weighted by atomic mass is 16.3. The van der Waals surface area contributed by atoms with Gasteiger partial charge in [-0.2, -0.15) is 0 Å². The fraction of sp³-hybridized carbons (Fsp3) is 0.933. The van der Waals surface area contributed by atoms with Gasteiger partial charge in [-0.25, -0.2) is 0 Å². The monoisotopic (exact) mass is 268 g/mol. The topological polar surface area (TPSA) is 66.6 Å². The van der Waals surface area contributed by atoms with E-state index >= 15 is 0 Å². The molecule has 4 heteroatoms. The maximum absolute atomic E-state index is 12.5. The highest BCUT2D eigenvalue weighted by molar-refractivity contribution is 5.78. The second-order valence-electron chi connectivity index (χ2n) is 6.59. The number of carbonyl (C=O) groups excluding carboxylic acids is 1. The Kier molecular flexibility index (Phi) is 4.85. The van der Waals surface area contributed by atoms with Crippen LogP contribution in [0.1, 0.15) is 51.4 Å². The predicted molar refractivity (Wildman–Crippen MR) is 75.6 cm³/mol. The number of rotatable bonds is 4. The van der Waals surface area contributed by atoms with E-state index in [-0.39, 0.29) is 11.8 Å². The number of likely N-dealkylation sites (N-methyl/N-ethyl adjacent to an activating group) is 1. The standard InChI is InChI=1S/C15H28N2O2/c1-17(11-15(19)7-2-3-8-15)14(18)13-6-4-5-12(9-13)10-16/h12-13,19H,2-11,16H2,1H3. The SMILES string of the molecule is CN(CC1(O)CCCC1)C(=O)C1CCCC(CN)C1. The van der Waals surface area contributed by atoms with Gasteiger partial charge >= 0.3 is 0 Å². The largest absolute Gasteiger partial charge is 0.388 e. The van der Waals surface area contributed by atoms with Gasteiger partial charge in [0.1, 0.15) is 0 Å². The van der Waals surface area contributed by atoms with E-state index in [0.717, 1.165) is 51.4 Å². The number of nitrogens with two attached hydrogens (primary N) is 1. The first-order valence-corrected chi connectivity index (χ1v) is 7.71. The molecule has 0 aromatic heterocycles. The third-order valence-corrected chi connectivity index (χ3v) is 4.91. The molecule has 0 heterocycles. The highest BCUT2D eigenvalue weighted by Crippen LogP contribution is 2.32. The molecule has 0 aromatic rings. The third kappa shape index (κ3) is 3.69. The van der Waals surface area contributed by atoms with Crippen LogP contribution in [0.5, 0.6) is 0 Å². The van der Waals surface area contributed by atoms with Crippen molar-refractivity contribution in [2.24, 2.45) is 17.6 Å². The fourth-order valence-electron chi connectivity index (χ4n) is 3.75. The van der Waals surface area contributed by atoms with E-state index in [2.05, 4.69) is 0 Å². The van der Waals surface area contributed by atoms with Crippen LogP contribution in [-0.4, -0.2) is 41.7 Å². The molecule has 0 aliphatic heterocycles. The Labute approximate surface area is 116 Å². The normalized spacial score (nSPS) is 30.3. The third-order valence-electron chi connectivity index (χ3n) is 4.91. The van der Waals surface area contributed by atoms with Crippen molar-refractivity contribution < 1.29 is 9.90 Å². The Morgan fingerprint density at radius 3 is 2.63 bits per heavy atom. The molecule has 0 aromatic carbocycles. The van der Waals surface area contributed by atoms with Gasteiger partial charge in [-0.05, 0) is 44.6 Å². The van der Waals surface area contributed by atoms with Crippen LogP contribution >= 0.6 is 0 Å². The molecule has 3 N–H and O–H groups in total. The molecular formula is C15H28N2O2. The molecule has 0 bridgehead atoms. The van der Waals surface area contributed by atoms with E-state index in [9.17, 15) is 9.90 Å². The maximum Gasteiger partial charge on any atom is 0.225 e. The van der Waals surface area contributed by atoms with Crippen LogP contribution in [0.4, 0.5) is 0 Å². The maximum atomic E-state index is 12.5. The summed E-state index contributed by atoms with van der Waals surface area (Å²) in [5.74, 6) is 0.835. The van der Waals surface area contributed by atoms with Crippen LogP contribution in [0, 0.1) is 11.8 Å². The lowest BCUT2D eigenvalue weighted by atomic mass is 9.80. The number of hydrogen-bond donors (Lipinski definition) is 2. The van der Waals surface area contributed by atoms with Crippen molar-refractivity contribution in [3.63, 3.8) is 0 Å². The van der Waals surface area contributed by atoms with E-state index in [1.165, 1.54) is 0 Å². The zero-order valence-corrected chi connectivity index (χ0v) is 12.1. The highest BCUT2D eigenvalue weighted by Gasteiger charge is 2.35. The summed E-state index contributed by atoms with van der Waals surface area (Å²) >= 11 is 0. The molecule has 110 valence electrons. The predicted octanol–water partition coefficient (Wildman–Crippen LogP) is 1.51. The summed E-state index contributed by atoms with van der Waals surface area (Å²) in [6.07, 6.45) is 8.01. The van der Waals surface area contributed by atoms with Crippen molar-refractivity contribution in [3.8, 4) is 0 Å². The summed E-state index contributed by atoms with van der Waals surface area (Å²) in [5.41, 5.74) is 5.10. The molecule has 4 nitrogen and oxygen atoms in total. The molecule has 2 aliphatic rings. The van der Waals surface area contributed by atoms with Gasteiger partial charge in [0, 0.05) is 19.5 Å². The molecule has 2 fully saturated rings. The van der Waals surface area contributed by atoms with Gasteiger partial charge in [0.05, 0.1) is 5.60 Å². The zero-order chi connectivity index (χ0) is 13.9. The first-order valence-electron chi connectivity index (χ1n) is 7.71. The van der Waals surface area contributed by atoms with E-state index in [0.29, 0.717) is 19.0 Å². The second-order valence-corrected chi connectivity index (χ2v) is 6.59. The average molecular weight is 268 g/mol. The summed E-state index contributed by atoms with van der Waals surface area (Å²) in [7, 11) is 1.84. The van der Waals surface area contributed by atoms with E-state index in [4.69, 9.17) is 5.73 Å². The molecule has 2 saturated carbocycles. The number of carbonyl (C=O) groups is 1. The minimum atomic E-state index is -0.633. The second kappa shape index (κ2) is 6.23. The summed E-state index contributed by atoms with van der Waals surface area (Å²) in [6.45, 7) is 1.19. The molecule has 1 amide bonds. The number of hydrogen-bond acceptors (Lipinski definition) is 3. The van der Waals surface area contributed by atoms with Gasteiger partial charge in [0.25, 0.3) is 0 Å². The molecule has 2 rings (SSSR count). The lowest BCUT2D eigenvalue weighted by Gasteiger charge is -2.34. The van der Waals surface area contributed by atoms with Gasteiger partial charge in [-0.3, -0.25) is 4.79 Å². The number of nitrogens with zero attached hydrogens (tertiary/aromatic N) is 1. The lowest BCUT2D eigenvalue weighted by molar-refractivity contribution is -0.139. The molecule has 0 spiro atoms. The van der Waals surface area contributed by atoms with Crippen molar-refractivity contribution in [1.82, 2.24) is 4.90 Å². The lowest BCUT2D eigenvalue weighted by Crippen LogP contribution is -2.45. The van der Waals surface area contributed by atoms with Gasteiger partial charge in [-0.15, -0.1) is 0 Å². The van der Waals surface area contributed by atoms with Crippen molar-refractivity contribution in [1.29, 1.82) is 0 Å². The zero-order valence-electron chi connectivity index (χ0n) is 12.1. The molecular weight excluding hydrogens is 240 g/mol. The van der Waals surface area contributed by atoms with Crippen LogP contribution in [-0.2, 0) is 4.79 Å². The quantitative estimate of drug-likeness (QED) is 0.812. The Morgan fingerprint density at radius 1 is 1.32 bits per heavy atom. The van der Waals surface area contributed by atoms with Crippen molar-refractivity contribution in [2.75, 3.05) is 20.1 Å². The first kappa shape index (κ1) is 14.8. The first-order chi connectivity index (χ1) is 9.04. The molecule has 2 aliphatic carbocycles. The Bertz CT molecular complexity index is 313. The molecule has 0 radical (unpaired) electrons.